The second-order valence-electron chi connectivity index (χ2n) is 7.91. The molecule has 0 heterocycles. The first-order valence-electron chi connectivity index (χ1n) is 8.91. The molecule has 130 valence electrons. The van der Waals surface area contributed by atoms with Gasteiger partial charge in [-0.15, -0.1) is 0 Å². The fourth-order valence-corrected chi connectivity index (χ4v) is 4.94. The first kappa shape index (κ1) is 17.1. The van der Waals surface area contributed by atoms with Crippen LogP contribution in [0.3, 0.4) is 0 Å². The maximum atomic E-state index is 12.2. The molecule has 1 aromatic rings. The predicted octanol–water partition coefficient (Wildman–Crippen LogP) is 4.82. The van der Waals surface area contributed by atoms with Crippen LogP contribution in [0.15, 0.2) is 29.3 Å². The third-order valence-electron chi connectivity index (χ3n) is 6.77. The minimum atomic E-state index is 0.00859. The molecule has 2 atom stereocenters. The summed E-state index contributed by atoms with van der Waals surface area (Å²) in [7, 11) is 1.65. The smallest absolute Gasteiger partial charge is 0.158 e. The molecular weight excluding hydrogens is 300 g/mol. The minimum Gasteiger partial charge on any atom is -0.508 e. The van der Waals surface area contributed by atoms with Gasteiger partial charge in [0.2, 0.25) is 0 Å². The van der Waals surface area contributed by atoms with Gasteiger partial charge in [0.1, 0.15) is 11.5 Å². The third kappa shape index (κ3) is 2.45. The number of aromatic hydroxyl groups is 1. The van der Waals surface area contributed by atoms with E-state index in [1.54, 1.807) is 13.2 Å². The van der Waals surface area contributed by atoms with Crippen LogP contribution < -0.4 is 4.74 Å². The molecule has 0 unspecified atom stereocenters. The number of carbonyl (C=O) groups is 1. The van der Waals surface area contributed by atoms with Crippen LogP contribution >= 0.6 is 0 Å². The number of Topliss-reactive ketones (excluding diaryl/α,β-unsaturated/α-hetero) is 1. The van der Waals surface area contributed by atoms with Gasteiger partial charge in [-0.1, -0.05) is 25.5 Å². The molecule has 0 radical (unpaired) electrons. The molecule has 3 rings (SSSR count). The highest BCUT2D eigenvalue weighted by atomic mass is 16.5. The van der Waals surface area contributed by atoms with Crippen molar-refractivity contribution in [2.45, 2.75) is 59.3 Å². The molecule has 1 saturated carbocycles. The molecule has 3 heteroatoms. The lowest BCUT2D eigenvalue weighted by atomic mass is 9.50. The standard InChI is InChI=1S/C21H28O3/c1-14-16-7-6-11-20(2,21(16,3)12-10-17(14)22)13-15-18(23)8-5-9-19(15)24-4/h5,8-9,23H,6-7,10-13H2,1-4H3/t20-,21-/m0/s1. The number of hydrogen-bond donors (Lipinski definition) is 1. The number of carbonyl (C=O) groups excluding carboxylic acids is 1. The van der Waals surface area contributed by atoms with E-state index < -0.39 is 0 Å². The second-order valence-corrected chi connectivity index (χ2v) is 7.91. The molecule has 0 aromatic heterocycles. The van der Waals surface area contributed by atoms with Crippen LogP contribution in [0.2, 0.25) is 0 Å². The number of rotatable bonds is 3. The molecular formula is C21H28O3. The van der Waals surface area contributed by atoms with Crippen molar-refractivity contribution in [3.8, 4) is 11.5 Å². The van der Waals surface area contributed by atoms with Gasteiger partial charge in [-0.05, 0) is 67.6 Å². The summed E-state index contributed by atoms with van der Waals surface area (Å²) in [6.45, 7) is 6.65. The van der Waals surface area contributed by atoms with Gasteiger partial charge in [0.05, 0.1) is 7.11 Å². The number of ketones is 1. The van der Waals surface area contributed by atoms with Crippen molar-refractivity contribution >= 4 is 5.78 Å². The Labute approximate surface area is 144 Å². The molecule has 1 fully saturated rings. The van der Waals surface area contributed by atoms with E-state index in [1.165, 1.54) is 5.57 Å². The normalized spacial score (nSPS) is 30.2. The molecule has 0 saturated heterocycles. The highest BCUT2D eigenvalue weighted by Gasteiger charge is 2.51. The molecule has 0 aliphatic heterocycles. The summed E-state index contributed by atoms with van der Waals surface area (Å²) in [4.78, 5) is 12.2. The van der Waals surface area contributed by atoms with E-state index in [2.05, 4.69) is 13.8 Å². The Kier molecular flexibility index (Phi) is 4.23. The van der Waals surface area contributed by atoms with Crippen molar-refractivity contribution in [2.24, 2.45) is 10.8 Å². The number of fused-ring (bicyclic) bond motifs is 1. The molecule has 0 bridgehead atoms. The van der Waals surface area contributed by atoms with Gasteiger partial charge in [-0.3, -0.25) is 4.79 Å². The Morgan fingerprint density at radius 1 is 1.21 bits per heavy atom. The van der Waals surface area contributed by atoms with Crippen LogP contribution in [0, 0.1) is 10.8 Å². The SMILES string of the molecule is COc1cccc(O)c1C[C@]1(C)CCCC2=C(C)C(=O)CC[C@@]21C. The highest BCUT2D eigenvalue weighted by Crippen LogP contribution is 2.60. The molecule has 3 nitrogen and oxygen atoms in total. The van der Waals surface area contributed by atoms with Gasteiger partial charge in [-0.25, -0.2) is 0 Å². The quantitative estimate of drug-likeness (QED) is 0.865. The van der Waals surface area contributed by atoms with E-state index in [0.29, 0.717) is 18.0 Å². The fourth-order valence-electron chi connectivity index (χ4n) is 4.94. The molecule has 24 heavy (non-hydrogen) atoms. The van der Waals surface area contributed by atoms with Crippen LogP contribution in [-0.2, 0) is 11.2 Å². The number of ether oxygens (including phenoxy) is 1. The molecule has 2 aliphatic carbocycles. The lowest BCUT2D eigenvalue weighted by molar-refractivity contribution is -0.118. The van der Waals surface area contributed by atoms with Crippen molar-refractivity contribution in [1.82, 2.24) is 0 Å². The van der Waals surface area contributed by atoms with E-state index in [-0.39, 0.29) is 10.8 Å². The van der Waals surface area contributed by atoms with Gasteiger partial charge in [-0.2, -0.15) is 0 Å². The summed E-state index contributed by atoms with van der Waals surface area (Å²) in [6, 6.07) is 5.46. The summed E-state index contributed by atoms with van der Waals surface area (Å²) < 4.78 is 5.49. The van der Waals surface area contributed by atoms with Crippen molar-refractivity contribution in [3.05, 3.63) is 34.9 Å². The van der Waals surface area contributed by atoms with Crippen molar-refractivity contribution < 1.29 is 14.6 Å². The zero-order valence-electron chi connectivity index (χ0n) is 15.2. The van der Waals surface area contributed by atoms with E-state index in [9.17, 15) is 9.90 Å². The van der Waals surface area contributed by atoms with Gasteiger partial charge < -0.3 is 9.84 Å². The van der Waals surface area contributed by atoms with Crippen LogP contribution in [0.25, 0.3) is 0 Å². The number of allylic oxidation sites excluding steroid dienone is 2. The van der Waals surface area contributed by atoms with Crippen molar-refractivity contribution in [1.29, 1.82) is 0 Å². The molecule has 1 N–H and O–H groups in total. The number of hydrogen-bond acceptors (Lipinski definition) is 3. The molecule has 1 aromatic carbocycles. The van der Waals surface area contributed by atoms with Gasteiger partial charge >= 0.3 is 0 Å². The van der Waals surface area contributed by atoms with Gasteiger partial charge in [0.15, 0.2) is 5.78 Å². The Bertz CT molecular complexity index is 703. The van der Waals surface area contributed by atoms with Crippen LogP contribution in [0.5, 0.6) is 11.5 Å². The highest BCUT2D eigenvalue weighted by molar-refractivity contribution is 5.96. The Morgan fingerprint density at radius 2 is 1.96 bits per heavy atom. The first-order chi connectivity index (χ1) is 11.3. The molecule has 0 spiro atoms. The number of phenols is 1. The van der Waals surface area contributed by atoms with E-state index in [1.807, 2.05) is 19.1 Å². The maximum Gasteiger partial charge on any atom is 0.158 e. The van der Waals surface area contributed by atoms with Crippen LogP contribution in [0.1, 0.15) is 58.4 Å². The summed E-state index contributed by atoms with van der Waals surface area (Å²) in [5.41, 5.74) is 3.24. The molecule has 0 amide bonds. The fraction of sp³-hybridized carbons (Fsp3) is 0.571. The monoisotopic (exact) mass is 328 g/mol. The lowest BCUT2D eigenvalue weighted by Crippen LogP contribution is -2.46. The lowest BCUT2D eigenvalue weighted by Gasteiger charge is -2.54. The zero-order chi connectivity index (χ0) is 17.5. The largest absolute Gasteiger partial charge is 0.508 e. The summed E-state index contributed by atoms with van der Waals surface area (Å²) >= 11 is 0. The maximum absolute atomic E-state index is 12.2. The average molecular weight is 328 g/mol. The van der Waals surface area contributed by atoms with Crippen molar-refractivity contribution in [2.75, 3.05) is 7.11 Å². The minimum absolute atomic E-state index is 0.00859. The van der Waals surface area contributed by atoms with Gasteiger partial charge in [0, 0.05) is 12.0 Å². The Hall–Kier alpha value is -1.77. The second kappa shape index (κ2) is 5.94. The predicted molar refractivity (Wildman–Crippen MR) is 95.4 cm³/mol. The summed E-state index contributed by atoms with van der Waals surface area (Å²) in [5, 5.41) is 10.4. The Balaban J connectivity index is 2.06. The number of phenolic OH excluding ortho intramolecular Hbond substituents is 1. The molecule has 2 aliphatic rings. The van der Waals surface area contributed by atoms with Crippen LogP contribution in [-0.4, -0.2) is 18.0 Å². The van der Waals surface area contributed by atoms with E-state index in [0.717, 1.165) is 49.0 Å². The first-order valence-corrected chi connectivity index (χ1v) is 8.91. The van der Waals surface area contributed by atoms with E-state index >= 15 is 0 Å². The van der Waals surface area contributed by atoms with Crippen molar-refractivity contribution in [3.63, 3.8) is 0 Å². The summed E-state index contributed by atoms with van der Waals surface area (Å²) in [5.74, 6) is 1.37. The number of methoxy groups -OCH3 is 1. The number of benzene rings is 1. The zero-order valence-corrected chi connectivity index (χ0v) is 15.2. The average Bonchev–Trinajstić information content (AvgIpc) is 2.55. The topological polar surface area (TPSA) is 46.5 Å². The Morgan fingerprint density at radius 3 is 2.67 bits per heavy atom. The van der Waals surface area contributed by atoms with Crippen LogP contribution in [0.4, 0.5) is 0 Å². The summed E-state index contributed by atoms with van der Waals surface area (Å²) in [6.07, 6.45) is 5.55. The third-order valence-corrected chi connectivity index (χ3v) is 6.77. The van der Waals surface area contributed by atoms with E-state index in [4.69, 9.17) is 4.74 Å². The van der Waals surface area contributed by atoms with Gasteiger partial charge in [0.25, 0.3) is 0 Å².